The largest absolute Gasteiger partial charge is 0.387 e. The summed E-state index contributed by atoms with van der Waals surface area (Å²) >= 11 is 0. The van der Waals surface area contributed by atoms with E-state index < -0.39 is 0 Å². The zero-order chi connectivity index (χ0) is 14.4. The first-order chi connectivity index (χ1) is 9.72. The van der Waals surface area contributed by atoms with E-state index in [4.69, 9.17) is 0 Å². The van der Waals surface area contributed by atoms with Crippen LogP contribution in [-0.2, 0) is 4.79 Å². The molecule has 0 heterocycles. The van der Waals surface area contributed by atoms with Gasteiger partial charge in [0.15, 0.2) is 0 Å². The third-order valence-electron chi connectivity index (χ3n) is 4.61. The fourth-order valence-electron chi connectivity index (χ4n) is 3.26. The third kappa shape index (κ3) is 3.75. The van der Waals surface area contributed by atoms with E-state index in [9.17, 15) is 10.1 Å². The van der Waals surface area contributed by atoms with Crippen molar-refractivity contribution in [3.63, 3.8) is 0 Å². The van der Waals surface area contributed by atoms with E-state index in [-0.39, 0.29) is 11.5 Å². The van der Waals surface area contributed by atoms with Gasteiger partial charge in [-0.3, -0.25) is 4.79 Å². The number of hydrogen-bond acceptors (Lipinski definition) is 3. The number of nitrogens with zero attached hydrogens (tertiary/aromatic N) is 2. The Bertz CT molecular complexity index is 398. The third-order valence-corrected chi connectivity index (χ3v) is 4.61. The number of nitriles is 1. The van der Waals surface area contributed by atoms with Crippen molar-refractivity contribution < 1.29 is 4.79 Å². The first kappa shape index (κ1) is 14.9. The first-order valence-electron chi connectivity index (χ1n) is 7.86. The second kappa shape index (κ2) is 7.33. The molecule has 20 heavy (non-hydrogen) atoms. The molecule has 4 heteroatoms. The van der Waals surface area contributed by atoms with Crippen molar-refractivity contribution in [1.82, 2.24) is 10.2 Å². The Hall–Kier alpha value is -1.50. The zero-order valence-corrected chi connectivity index (χ0v) is 12.4. The number of amides is 1. The first-order valence-corrected chi connectivity index (χ1v) is 7.86. The summed E-state index contributed by atoms with van der Waals surface area (Å²) in [6.45, 7) is 0. The van der Waals surface area contributed by atoms with Crippen molar-refractivity contribution in [2.24, 2.45) is 0 Å². The molecular weight excluding hydrogens is 250 g/mol. The Labute approximate surface area is 121 Å². The lowest BCUT2D eigenvalue weighted by atomic mass is 9.94. The molecule has 1 amide bonds. The summed E-state index contributed by atoms with van der Waals surface area (Å²) in [6, 6.07) is 2.79. The van der Waals surface area contributed by atoms with Gasteiger partial charge >= 0.3 is 0 Å². The molecule has 2 aliphatic rings. The number of carbonyl (C=O) groups excluding carboxylic acids is 1. The van der Waals surface area contributed by atoms with Crippen LogP contribution >= 0.6 is 0 Å². The van der Waals surface area contributed by atoms with Crippen LogP contribution in [0.4, 0.5) is 0 Å². The Morgan fingerprint density at radius 1 is 1.15 bits per heavy atom. The molecule has 2 saturated carbocycles. The molecule has 4 nitrogen and oxygen atoms in total. The van der Waals surface area contributed by atoms with E-state index in [0.717, 1.165) is 25.7 Å². The van der Waals surface area contributed by atoms with E-state index in [1.807, 2.05) is 7.05 Å². The van der Waals surface area contributed by atoms with Gasteiger partial charge in [0.25, 0.3) is 5.91 Å². The van der Waals surface area contributed by atoms with Crippen molar-refractivity contribution in [3.05, 3.63) is 11.8 Å². The molecule has 0 bridgehead atoms. The highest BCUT2D eigenvalue weighted by molar-refractivity contribution is 5.97. The summed E-state index contributed by atoms with van der Waals surface area (Å²) in [5, 5.41) is 12.5. The van der Waals surface area contributed by atoms with Crippen molar-refractivity contribution >= 4 is 5.91 Å². The van der Waals surface area contributed by atoms with Crippen LogP contribution in [0, 0.1) is 11.3 Å². The molecule has 0 saturated heterocycles. The quantitative estimate of drug-likeness (QED) is 0.634. The van der Waals surface area contributed by atoms with Gasteiger partial charge in [-0.1, -0.05) is 32.1 Å². The normalized spacial score (nSPS) is 21.5. The molecule has 0 aromatic heterocycles. The maximum Gasteiger partial charge on any atom is 0.265 e. The lowest BCUT2D eigenvalue weighted by Crippen LogP contribution is -2.39. The van der Waals surface area contributed by atoms with E-state index in [2.05, 4.69) is 11.4 Å². The highest BCUT2D eigenvalue weighted by Crippen LogP contribution is 2.22. The minimum Gasteiger partial charge on any atom is -0.387 e. The predicted molar refractivity (Wildman–Crippen MR) is 78.7 cm³/mol. The lowest BCUT2D eigenvalue weighted by molar-refractivity contribution is -0.128. The minimum absolute atomic E-state index is 0.134. The van der Waals surface area contributed by atoms with Gasteiger partial charge in [0.05, 0.1) is 0 Å². The van der Waals surface area contributed by atoms with Crippen LogP contribution < -0.4 is 5.32 Å². The number of hydrogen-bond donors (Lipinski definition) is 1. The van der Waals surface area contributed by atoms with Crippen molar-refractivity contribution in [2.45, 2.75) is 69.9 Å². The van der Waals surface area contributed by atoms with Crippen LogP contribution in [0.2, 0.25) is 0 Å². The maximum absolute atomic E-state index is 12.4. The molecule has 0 aliphatic heterocycles. The van der Waals surface area contributed by atoms with Crippen LogP contribution in [0.15, 0.2) is 11.8 Å². The van der Waals surface area contributed by atoms with Crippen molar-refractivity contribution in [3.8, 4) is 6.07 Å². The average molecular weight is 275 g/mol. The summed E-state index contributed by atoms with van der Waals surface area (Å²) in [5.41, 5.74) is 0.241. The highest BCUT2D eigenvalue weighted by atomic mass is 16.2. The molecule has 0 radical (unpaired) electrons. The molecular formula is C16H25N3O. The molecule has 0 unspecified atom stereocenters. The fraction of sp³-hybridized carbons (Fsp3) is 0.750. The van der Waals surface area contributed by atoms with Gasteiger partial charge in [0, 0.05) is 25.3 Å². The monoisotopic (exact) mass is 275 g/mol. The molecule has 0 aromatic rings. The SMILES string of the molecule is CN(C(=O)/C(C#N)=C\NC1CCCC1)C1CCCCC1. The smallest absolute Gasteiger partial charge is 0.265 e. The Morgan fingerprint density at radius 2 is 1.75 bits per heavy atom. The van der Waals surface area contributed by atoms with Crippen LogP contribution in [0.5, 0.6) is 0 Å². The number of rotatable bonds is 4. The second-order valence-electron chi connectivity index (χ2n) is 6.03. The fourth-order valence-corrected chi connectivity index (χ4v) is 3.26. The number of likely N-dealkylation sites (N-methyl/N-ethyl adjacent to an activating group) is 1. The number of nitrogens with one attached hydrogen (secondary N) is 1. The van der Waals surface area contributed by atoms with Gasteiger partial charge in [-0.25, -0.2) is 0 Å². The lowest BCUT2D eigenvalue weighted by Gasteiger charge is -2.31. The van der Waals surface area contributed by atoms with Gasteiger partial charge in [0.1, 0.15) is 11.6 Å². The number of carbonyl (C=O) groups is 1. The highest BCUT2D eigenvalue weighted by Gasteiger charge is 2.24. The summed E-state index contributed by atoms with van der Waals surface area (Å²) < 4.78 is 0. The Kier molecular flexibility index (Phi) is 5.46. The van der Waals surface area contributed by atoms with Gasteiger partial charge in [0.2, 0.25) is 0 Å². The molecule has 0 aromatic carbocycles. The van der Waals surface area contributed by atoms with Crippen LogP contribution in [0.25, 0.3) is 0 Å². The summed E-state index contributed by atoms with van der Waals surface area (Å²) in [4.78, 5) is 14.1. The Morgan fingerprint density at radius 3 is 2.35 bits per heavy atom. The summed E-state index contributed by atoms with van der Waals surface area (Å²) in [6.07, 6.45) is 12.2. The molecule has 0 atom stereocenters. The van der Waals surface area contributed by atoms with Crippen molar-refractivity contribution in [1.29, 1.82) is 5.26 Å². The summed E-state index contributed by atoms with van der Waals surface area (Å²) in [5.74, 6) is -0.134. The van der Waals surface area contributed by atoms with Gasteiger partial charge in [-0.15, -0.1) is 0 Å². The van der Waals surface area contributed by atoms with E-state index >= 15 is 0 Å². The molecule has 2 rings (SSSR count). The maximum atomic E-state index is 12.4. The van der Waals surface area contributed by atoms with Gasteiger partial charge in [-0.2, -0.15) is 5.26 Å². The molecule has 1 N–H and O–H groups in total. The van der Waals surface area contributed by atoms with Gasteiger partial charge in [-0.05, 0) is 25.7 Å². The average Bonchev–Trinajstić information content (AvgIpc) is 3.01. The molecule has 2 fully saturated rings. The van der Waals surface area contributed by atoms with E-state index in [1.54, 1.807) is 11.1 Å². The molecule has 2 aliphatic carbocycles. The van der Waals surface area contributed by atoms with Crippen LogP contribution in [-0.4, -0.2) is 29.9 Å². The van der Waals surface area contributed by atoms with Crippen LogP contribution in [0.3, 0.4) is 0 Å². The zero-order valence-electron chi connectivity index (χ0n) is 12.4. The van der Waals surface area contributed by atoms with Crippen LogP contribution in [0.1, 0.15) is 57.8 Å². The van der Waals surface area contributed by atoms with E-state index in [0.29, 0.717) is 12.1 Å². The van der Waals surface area contributed by atoms with E-state index in [1.165, 1.54) is 32.1 Å². The topological polar surface area (TPSA) is 56.1 Å². The predicted octanol–water partition coefficient (Wildman–Crippen LogP) is 2.72. The Balaban J connectivity index is 1.93. The van der Waals surface area contributed by atoms with Gasteiger partial charge < -0.3 is 10.2 Å². The summed E-state index contributed by atoms with van der Waals surface area (Å²) in [7, 11) is 1.83. The molecule has 110 valence electrons. The second-order valence-corrected chi connectivity index (χ2v) is 6.03. The standard InChI is InChI=1S/C16H25N3O/c1-19(15-9-3-2-4-10-15)16(20)13(11-17)12-18-14-7-5-6-8-14/h12,14-15,18H,2-10H2,1H3/b13-12-. The minimum atomic E-state index is -0.134. The van der Waals surface area contributed by atoms with Crippen molar-refractivity contribution in [2.75, 3.05) is 7.05 Å². The molecule has 0 spiro atoms.